The number of hydrogen-bond donors (Lipinski definition) is 1. The Hall–Kier alpha value is -3.78. The molecule has 0 spiro atoms. The van der Waals surface area contributed by atoms with Crippen LogP contribution >= 0.6 is 11.8 Å². The number of carbonyl (C=O) groups excluding carboxylic acids is 1. The van der Waals surface area contributed by atoms with E-state index in [1.807, 2.05) is 98.1 Å². The molecule has 0 aliphatic carbocycles. The molecule has 0 unspecified atom stereocenters. The van der Waals surface area contributed by atoms with Crippen molar-refractivity contribution in [3.8, 4) is 28.6 Å². The number of hydrogen-bond acceptors (Lipinski definition) is 6. The van der Waals surface area contributed by atoms with Crippen LogP contribution in [0.2, 0.25) is 0 Å². The summed E-state index contributed by atoms with van der Waals surface area (Å²) >= 11 is 1.33. The molecular weight excluding hydrogens is 460 g/mol. The molecule has 0 bridgehead atoms. The van der Waals surface area contributed by atoms with Gasteiger partial charge in [-0.05, 0) is 57.2 Å². The van der Waals surface area contributed by atoms with Crippen molar-refractivity contribution in [1.82, 2.24) is 14.8 Å². The molecule has 0 saturated carbocycles. The SMILES string of the molecule is CCOc1ccc(-n2c(SCC(=O)Nc3ccccc3OCC)nnc2-c2ccc(C)cc2)cc1. The summed E-state index contributed by atoms with van der Waals surface area (Å²) < 4.78 is 13.2. The highest BCUT2D eigenvalue weighted by Crippen LogP contribution is 2.30. The molecule has 0 radical (unpaired) electrons. The number of nitrogens with zero attached hydrogens (tertiary/aromatic N) is 3. The first-order chi connectivity index (χ1) is 17.1. The van der Waals surface area contributed by atoms with E-state index < -0.39 is 0 Å². The van der Waals surface area contributed by atoms with E-state index in [0.29, 0.717) is 35.6 Å². The van der Waals surface area contributed by atoms with Crippen LogP contribution < -0.4 is 14.8 Å². The summed E-state index contributed by atoms with van der Waals surface area (Å²) in [6.07, 6.45) is 0. The fourth-order valence-corrected chi connectivity index (χ4v) is 4.26. The van der Waals surface area contributed by atoms with Gasteiger partial charge in [-0.15, -0.1) is 10.2 Å². The highest BCUT2D eigenvalue weighted by Gasteiger charge is 2.18. The normalized spacial score (nSPS) is 10.7. The maximum Gasteiger partial charge on any atom is 0.234 e. The van der Waals surface area contributed by atoms with Crippen LogP contribution in [0.3, 0.4) is 0 Å². The Bertz CT molecular complexity index is 1270. The third-order valence-electron chi connectivity index (χ3n) is 5.14. The average Bonchev–Trinajstić information content (AvgIpc) is 3.29. The summed E-state index contributed by atoms with van der Waals surface area (Å²) in [7, 11) is 0. The van der Waals surface area contributed by atoms with Crippen LogP contribution in [0.1, 0.15) is 19.4 Å². The number of carbonyl (C=O) groups is 1. The van der Waals surface area contributed by atoms with Crippen LogP contribution in [0.5, 0.6) is 11.5 Å². The second kappa shape index (κ2) is 11.6. The lowest BCUT2D eigenvalue weighted by Crippen LogP contribution is -2.15. The van der Waals surface area contributed by atoms with Crippen molar-refractivity contribution < 1.29 is 14.3 Å². The largest absolute Gasteiger partial charge is 0.494 e. The zero-order valence-electron chi connectivity index (χ0n) is 20.0. The Kier molecular flexibility index (Phi) is 8.05. The minimum absolute atomic E-state index is 0.153. The molecule has 4 rings (SSSR count). The van der Waals surface area contributed by atoms with E-state index in [-0.39, 0.29) is 11.7 Å². The molecule has 1 N–H and O–H groups in total. The van der Waals surface area contributed by atoms with Crippen molar-refractivity contribution in [1.29, 1.82) is 0 Å². The Labute approximate surface area is 209 Å². The molecule has 0 saturated heterocycles. The standard InChI is InChI=1S/C27H28N4O3S/c1-4-33-22-16-14-21(15-17-22)31-26(20-12-10-19(3)11-13-20)29-30-27(31)35-18-25(32)28-23-8-6-7-9-24(23)34-5-2/h6-17H,4-5,18H2,1-3H3,(H,28,32). The lowest BCUT2D eigenvalue weighted by Gasteiger charge is -2.13. The number of para-hydroxylation sites is 2. The van der Waals surface area contributed by atoms with Gasteiger partial charge in [-0.3, -0.25) is 9.36 Å². The third kappa shape index (κ3) is 6.02. The van der Waals surface area contributed by atoms with E-state index in [1.54, 1.807) is 0 Å². The highest BCUT2D eigenvalue weighted by atomic mass is 32.2. The fraction of sp³-hybridized carbons (Fsp3) is 0.222. The topological polar surface area (TPSA) is 78.3 Å². The molecule has 0 fully saturated rings. The second-order valence-corrected chi connectivity index (χ2v) is 8.64. The highest BCUT2D eigenvalue weighted by molar-refractivity contribution is 7.99. The predicted molar refractivity (Wildman–Crippen MR) is 140 cm³/mol. The summed E-state index contributed by atoms with van der Waals surface area (Å²) in [5.41, 5.74) is 3.64. The molecule has 7 nitrogen and oxygen atoms in total. The van der Waals surface area contributed by atoms with Gasteiger partial charge >= 0.3 is 0 Å². The first-order valence-corrected chi connectivity index (χ1v) is 12.5. The van der Waals surface area contributed by atoms with Gasteiger partial charge in [0.25, 0.3) is 0 Å². The summed E-state index contributed by atoms with van der Waals surface area (Å²) in [5.74, 6) is 2.16. The van der Waals surface area contributed by atoms with E-state index in [0.717, 1.165) is 17.0 Å². The van der Waals surface area contributed by atoms with Crippen molar-refractivity contribution in [2.75, 3.05) is 24.3 Å². The Morgan fingerprint density at radius 2 is 1.63 bits per heavy atom. The molecule has 0 atom stereocenters. The molecule has 1 amide bonds. The first kappa shape index (κ1) is 24.3. The minimum atomic E-state index is -0.153. The molecule has 1 heterocycles. The number of benzene rings is 3. The Morgan fingerprint density at radius 3 is 2.34 bits per heavy atom. The molecule has 1 aromatic heterocycles. The van der Waals surface area contributed by atoms with Crippen LogP contribution in [0.4, 0.5) is 5.69 Å². The number of aryl methyl sites for hydroxylation is 1. The smallest absolute Gasteiger partial charge is 0.234 e. The zero-order chi connectivity index (χ0) is 24.6. The minimum Gasteiger partial charge on any atom is -0.494 e. The molecule has 8 heteroatoms. The van der Waals surface area contributed by atoms with Gasteiger partial charge in [0.2, 0.25) is 5.91 Å². The van der Waals surface area contributed by atoms with Gasteiger partial charge in [-0.2, -0.15) is 0 Å². The van der Waals surface area contributed by atoms with Crippen LogP contribution in [0, 0.1) is 6.92 Å². The van der Waals surface area contributed by atoms with E-state index in [1.165, 1.54) is 17.3 Å². The van der Waals surface area contributed by atoms with E-state index >= 15 is 0 Å². The molecule has 0 aliphatic heterocycles. The lowest BCUT2D eigenvalue weighted by atomic mass is 10.1. The number of ether oxygens (including phenoxy) is 2. The van der Waals surface area contributed by atoms with Crippen molar-refractivity contribution in [3.05, 3.63) is 78.4 Å². The van der Waals surface area contributed by atoms with Crippen LogP contribution in [0.25, 0.3) is 17.1 Å². The van der Waals surface area contributed by atoms with Gasteiger partial charge in [-0.1, -0.05) is 53.7 Å². The Morgan fingerprint density at radius 1 is 0.914 bits per heavy atom. The third-order valence-corrected chi connectivity index (χ3v) is 6.07. The van der Waals surface area contributed by atoms with Crippen molar-refractivity contribution >= 4 is 23.4 Å². The maximum atomic E-state index is 12.8. The van der Waals surface area contributed by atoms with Crippen molar-refractivity contribution in [2.24, 2.45) is 0 Å². The molecule has 0 aliphatic rings. The number of anilines is 1. The molecular formula is C27H28N4O3S. The van der Waals surface area contributed by atoms with Crippen LogP contribution in [-0.2, 0) is 4.79 Å². The van der Waals surface area contributed by atoms with Crippen molar-refractivity contribution in [3.63, 3.8) is 0 Å². The monoisotopic (exact) mass is 488 g/mol. The van der Waals surface area contributed by atoms with Gasteiger partial charge in [0.15, 0.2) is 11.0 Å². The van der Waals surface area contributed by atoms with Crippen LogP contribution in [0.15, 0.2) is 78.0 Å². The van der Waals surface area contributed by atoms with Gasteiger partial charge in [0, 0.05) is 11.3 Å². The summed E-state index contributed by atoms with van der Waals surface area (Å²) in [4.78, 5) is 12.8. The average molecular weight is 489 g/mol. The maximum absolute atomic E-state index is 12.8. The molecule has 180 valence electrons. The van der Waals surface area contributed by atoms with Crippen LogP contribution in [-0.4, -0.2) is 39.6 Å². The second-order valence-electron chi connectivity index (χ2n) is 7.70. The van der Waals surface area contributed by atoms with Gasteiger partial charge in [0.1, 0.15) is 11.5 Å². The number of rotatable bonds is 10. The quantitative estimate of drug-likeness (QED) is 0.286. The van der Waals surface area contributed by atoms with E-state index in [9.17, 15) is 4.79 Å². The number of nitrogens with one attached hydrogen (secondary N) is 1. The molecule has 35 heavy (non-hydrogen) atoms. The first-order valence-electron chi connectivity index (χ1n) is 11.5. The zero-order valence-corrected chi connectivity index (χ0v) is 20.8. The molecule has 4 aromatic rings. The van der Waals surface area contributed by atoms with Gasteiger partial charge in [-0.25, -0.2) is 0 Å². The summed E-state index contributed by atoms with van der Waals surface area (Å²) in [6, 6.07) is 23.3. The van der Waals surface area contributed by atoms with E-state index in [2.05, 4.69) is 15.5 Å². The number of thioether (sulfide) groups is 1. The number of aromatic nitrogens is 3. The fourth-order valence-electron chi connectivity index (χ4n) is 3.51. The van der Waals surface area contributed by atoms with E-state index in [4.69, 9.17) is 9.47 Å². The van der Waals surface area contributed by atoms with Crippen molar-refractivity contribution in [2.45, 2.75) is 25.9 Å². The van der Waals surface area contributed by atoms with Gasteiger partial charge in [0.05, 0.1) is 24.7 Å². The lowest BCUT2D eigenvalue weighted by molar-refractivity contribution is -0.113. The number of amides is 1. The van der Waals surface area contributed by atoms with Gasteiger partial charge < -0.3 is 14.8 Å². The summed E-state index contributed by atoms with van der Waals surface area (Å²) in [6.45, 7) is 7.03. The summed E-state index contributed by atoms with van der Waals surface area (Å²) in [5, 5.41) is 12.4. The molecule has 3 aromatic carbocycles. The Balaban J connectivity index is 1.58. The predicted octanol–water partition coefficient (Wildman–Crippen LogP) is 5.77.